The number of hydrazone groups is 1. The van der Waals surface area contributed by atoms with Crippen molar-refractivity contribution in [3.63, 3.8) is 0 Å². The van der Waals surface area contributed by atoms with Gasteiger partial charge < -0.3 is 10.4 Å². The molecule has 1 unspecified atom stereocenters. The summed E-state index contributed by atoms with van der Waals surface area (Å²) in [5, 5.41) is 27.4. The molecule has 0 spiro atoms. The van der Waals surface area contributed by atoms with E-state index in [0.717, 1.165) is 33.8 Å². The van der Waals surface area contributed by atoms with Gasteiger partial charge in [-0.05, 0) is 29.0 Å². The number of thiophene rings is 1. The molecule has 0 fully saturated rings. The van der Waals surface area contributed by atoms with Gasteiger partial charge >= 0.3 is 0 Å². The zero-order valence-corrected chi connectivity index (χ0v) is 19.4. The standard InChI is InChI=1S/C26H25N5O2S/c32-13-12-27-16-25(33)31-24(15-23(28-31)20-11-14-34-18-20)22-17-30(21-9-5-2-6-10-21)29-26(22)19-7-3-1-4-8-19/h1-11,14,17-18,24,27,32H,12-13,15-16H2. The molecular formula is C26H25N5O2S. The fourth-order valence-corrected chi connectivity index (χ4v) is 4.77. The van der Waals surface area contributed by atoms with Gasteiger partial charge in [0.25, 0.3) is 5.91 Å². The van der Waals surface area contributed by atoms with Crippen molar-refractivity contribution in [2.75, 3.05) is 19.7 Å². The predicted molar refractivity (Wildman–Crippen MR) is 134 cm³/mol. The van der Waals surface area contributed by atoms with Gasteiger partial charge in [0.2, 0.25) is 0 Å². The molecule has 2 aromatic heterocycles. The van der Waals surface area contributed by atoms with Crippen LogP contribution in [0.15, 0.2) is 88.8 Å². The lowest BCUT2D eigenvalue weighted by atomic mass is 9.97. The summed E-state index contributed by atoms with van der Waals surface area (Å²) >= 11 is 1.61. The molecule has 4 aromatic rings. The number of amides is 1. The molecule has 0 saturated carbocycles. The average Bonchev–Trinajstić information content (AvgIpc) is 3.64. The third-order valence-electron chi connectivity index (χ3n) is 5.75. The number of carbonyl (C=O) groups excluding carboxylic acids is 1. The fraction of sp³-hybridized carbons (Fsp3) is 0.192. The van der Waals surface area contributed by atoms with Crippen molar-refractivity contribution in [3.05, 3.63) is 94.8 Å². The molecule has 1 aliphatic heterocycles. The number of aliphatic hydroxyl groups excluding tert-OH is 1. The maximum absolute atomic E-state index is 13.2. The van der Waals surface area contributed by atoms with Gasteiger partial charge in [-0.25, -0.2) is 9.69 Å². The highest BCUT2D eigenvalue weighted by atomic mass is 32.1. The van der Waals surface area contributed by atoms with Crippen LogP contribution in [0.5, 0.6) is 0 Å². The summed E-state index contributed by atoms with van der Waals surface area (Å²) in [6.45, 7) is 0.430. The van der Waals surface area contributed by atoms with Crippen molar-refractivity contribution in [1.29, 1.82) is 0 Å². The van der Waals surface area contributed by atoms with Crippen molar-refractivity contribution in [2.45, 2.75) is 12.5 Å². The Morgan fingerprint density at radius 1 is 1.06 bits per heavy atom. The minimum Gasteiger partial charge on any atom is -0.395 e. The van der Waals surface area contributed by atoms with Crippen molar-refractivity contribution >= 4 is 23.0 Å². The minimum absolute atomic E-state index is 0.0257. The van der Waals surface area contributed by atoms with E-state index in [1.54, 1.807) is 16.3 Å². The van der Waals surface area contributed by atoms with Gasteiger partial charge in [-0.3, -0.25) is 4.79 Å². The summed E-state index contributed by atoms with van der Waals surface area (Å²) in [4.78, 5) is 13.2. The zero-order valence-electron chi connectivity index (χ0n) is 18.5. The summed E-state index contributed by atoms with van der Waals surface area (Å²) in [6.07, 6.45) is 2.61. The topological polar surface area (TPSA) is 82.8 Å². The Kier molecular flexibility index (Phi) is 6.62. The number of nitrogens with one attached hydrogen (secondary N) is 1. The number of carbonyl (C=O) groups is 1. The highest BCUT2D eigenvalue weighted by molar-refractivity contribution is 7.08. The Balaban J connectivity index is 1.57. The molecular weight excluding hydrogens is 446 g/mol. The SMILES string of the molecule is O=C(CNCCO)N1N=C(c2ccsc2)CC1c1cn(-c2ccccc2)nc1-c1ccccc1. The zero-order chi connectivity index (χ0) is 23.3. The molecule has 1 atom stereocenters. The number of benzene rings is 2. The van der Waals surface area contributed by atoms with Crippen molar-refractivity contribution in [1.82, 2.24) is 20.1 Å². The fourth-order valence-electron chi connectivity index (χ4n) is 4.11. The van der Waals surface area contributed by atoms with Gasteiger partial charge in [-0.15, -0.1) is 0 Å². The van der Waals surface area contributed by atoms with E-state index in [-0.39, 0.29) is 25.1 Å². The smallest absolute Gasteiger partial charge is 0.257 e. The second-order valence-corrected chi connectivity index (χ2v) is 8.78. The summed E-state index contributed by atoms with van der Waals surface area (Å²) < 4.78 is 1.87. The van der Waals surface area contributed by atoms with Crippen LogP contribution in [0.2, 0.25) is 0 Å². The normalized spacial score (nSPS) is 15.5. The minimum atomic E-state index is -0.286. The molecule has 0 saturated heterocycles. The van der Waals surface area contributed by atoms with Crippen LogP contribution in [0.4, 0.5) is 0 Å². The number of hydrogen-bond donors (Lipinski definition) is 2. The van der Waals surface area contributed by atoms with Crippen LogP contribution in [0, 0.1) is 0 Å². The Bertz CT molecular complexity index is 1270. The number of hydrogen-bond acceptors (Lipinski definition) is 6. The number of aromatic nitrogens is 2. The molecule has 0 aliphatic carbocycles. The Morgan fingerprint density at radius 2 is 1.82 bits per heavy atom. The highest BCUT2D eigenvalue weighted by Gasteiger charge is 2.36. The van der Waals surface area contributed by atoms with E-state index in [2.05, 4.69) is 10.7 Å². The number of para-hydroxylation sites is 1. The molecule has 8 heteroatoms. The van der Waals surface area contributed by atoms with Crippen LogP contribution in [0.25, 0.3) is 16.9 Å². The third kappa shape index (κ3) is 4.56. The van der Waals surface area contributed by atoms with E-state index in [0.29, 0.717) is 13.0 Å². The van der Waals surface area contributed by atoms with Gasteiger partial charge in [0.1, 0.15) is 0 Å². The first kappa shape index (κ1) is 22.2. The summed E-state index contributed by atoms with van der Waals surface area (Å²) in [5.41, 5.74) is 5.63. The first-order chi connectivity index (χ1) is 16.7. The molecule has 34 heavy (non-hydrogen) atoms. The Labute approximate surface area is 202 Å². The third-order valence-corrected chi connectivity index (χ3v) is 6.44. The number of rotatable bonds is 8. The first-order valence-corrected chi connectivity index (χ1v) is 12.1. The van der Waals surface area contributed by atoms with E-state index in [4.69, 9.17) is 15.3 Å². The van der Waals surface area contributed by atoms with E-state index in [1.165, 1.54) is 0 Å². The van der Waals surface area contributed by atoms with Gasteiger partial charge in [-0.2, -0.15) is 21.5 Å². The van der Waals surface area contributed by atoms with Gasteiger partial charge in [0.15, 0.2) is 0 Å². The molecule has 5 rings (SSSR count). The van der Waals surface area contributed by atoms with E-state index < -0.39 is 0 Å². The second kappa shape index (κ2) is 10.1. The van der Waals surface area contributed by atoms with Crippen LogP contribution >= 0.6 is 11.3 Å². The van der Waals surface area contributed by atoms with Gasteiger partial charge in [-0.1, -0.05) is 48.5 Å². The van der Waals surface area contributed by atoms with Crippen LogP contribution in [0.3, 0.4) is 0 Å². The quantitative estimate of drug-likeness (QED) is 0.382. The maximum Gasteiger partial charge on any atom is 0.257 e. The molecule has 0 bridgehead atoms. The lowest BCUT2D eigenvalue weighted by molar-refractivity contribution is -0.132. The van der Waals surface area contributed by atoms with Crippen LogP contribution in [0.1, 0.15) is 23.6 Å². The summed E-state index contributed by atoms with van der Waals surface area (Å²) in [6, 6.07) is 21.7. The number of nitrogens with zero attached hydrogens (tertiary/aromatic N) is 4. The Hall–Kier alpha value is -3.59. The van der Waals surface area contributed by atoms with Crippen LogP contribution < -0.4 is 5.32 Å². The largest absolute Gasteiger partial charge is 0.395 e. The summed E-state index contributed by atoms with van der Waals surface area (Å²) in [5.74, 6) is -0.143. The van der Waals surface area contributed by atoms with Gasteiger partial charge in [0, 0.05) is 35.9 Å². The lowest BCUT2D eigenvalue weighted by Gasteiger charge is -2.22. The van der Waals surface area contributed by atoms with Crippen molar-refractivity contribution in [3.8, 4) is 16.9 Å². The maximum atomic E-state index is 13.2. The van der Waals surface area contributed by atoms with E-state index in [9.17, 15) is 4.79 Å². The first-order valence-electron chi connectivity index (χ1n) is 11.2. The molecule has 2 N–H and O–H groups in total. The molecule has 7 nitrogen and oxygen atoms in total. The summed E-state index contributed by atoms with van der Waals surface area (Å²) in [7, 11) is 0. The van der Waals surface area contributed by atoms with E-state index in [1.807, 2.05) is 83.0 Å². The molecule has 2 aromatic carbocycles. The lowest BCUT2D eigenvalue weighted by Crippen LogP contribution is -2.36. The van der Waals surface area contributed by atoms with Crippen LogP contribution in [-0.2, 0) is 4.79 Å². The molecule has 1 aliphatic rings. The van der Waals surface area contributed by atoms with Crippen LogP contribution in [-0.4, -0.2) is 51.2 Å². The van der Waals surface area contributed by atoms with Gasteiger partial charge in [0.05, 0.1) is 36.3 Å². The van der Waals surface area contributed by atoms with Crippen molar-refractivity contribution in [2.24, 2.45) is 5.10 Å². The molecule has 1 amide bonds. The molecule has 0 radical (unpaired) electrons. The van der Waals surface area contributed by atoms with Crippen molar-refractivity contribution < 1.29 is 9.90 Å². The second-order valence-electron chi connectivity index (χ2n) is 8.00. The average molecular weight is 472 g/mol. The molecule has 3 heterocycles. The monoisotopic (exact) mass is 471 g/mol. The highest BCUT2D eigenvalue weighted by Crippen LogP contribution is 2.38. The Morgan fingerprint density at radius 3 is 2.53 bits per heavy atom. The molecule has 172 valence electrons. The predicted octanol–water partition coefficient (Wildman–Crippen LogP) is 3.86. The number of aliphatic hydroxyl groups is 1. The van der Waals surface area contributed by atoms with E-state index >= 15 is 0 Å².